The van der Waals surface area contributed by atoms with Gasteiger partial charge in [-0.1, -0.05) is 45.4 Å². The van der Waals surface area contributed by atoms with Crippen LogP contribution < -0.4 is 0 Å². The highest BCUT2D eigenvalue weighted by Gasteiger charge is 2.64. The zero-order chi connectivity index (χ0) is 17.2. The molecule has 3 aliphatic rings. The zero-order valence-electron chi connectivity index (χ0n) is 15.4. The third-order valence-corrected chi connectivity index (χ3v) is 7.72. The van der Waals surface area contributed by atoms with Gasteiger partial charge >= 0.3 is 0 Å². The third-order valence-electron chi connectivity index (χ3n) is 7.72. The summed E-state index contributed by atoms with van der Waals surface area (Å²) in [6.45, 7) is 15.6. The summed E-state index contributed by atoms with van der Waals surface area (Å²) < 4.78 is 0. The maximum absolute atomic E-state index is 11.3. The number of rotatable bonds is 2. The highest BCUT2D eigenvalue weighted by Crippen LogP contribution is 2.67. The van der Waals surface area contributed by atoms with E-state index in [0.717, 1.165) is 0 Å². The molecule has 0 aromatic carbocycles. The van der Waals surface area contributed by atoms with Crippen LogP contribution in [0.25, 0.3) is 0 Å². The predicted octanol–water partition coefficient (Wildman–Crippen LogP) is 4.04. The molecule has 2 saturated carbocycles. The fourth-order valence-electron chi connectivity index (χ4n) is 7.26. The summed E-state index contributed by atoms with van der Waals surface area (Å²) in [5, 5.41) is 21.5. The van der Waals surface area contributed by atoms with E-state index in [0.29, 0.717) is 23.7 Å². The molecular formula is C21H34O2. The quantitative estimate of drug-likeness (QED) is 0.754. The summed E-state index contributed by atoms with van der Waals surface area (Å²) in [7, 11) is 0. The Hall–Kier alpha value is -0.600. The van der Waals surface area contributed by atoms with Crippen molar-refractivity contribution >= 4 is 0 Å². The molecule has 2 N–H and O–H groups in total. The molecule has 0 aromatic rings. The van der Waals surface area contributed by atoms with Crippen LogP contribution in [0.1, 0.15) is 47.5 Å². The Labute approximate surface area is 141 Å². The molecule has 3 rings (SSSR count). The summed E-state index contributed by atoms with van der Waals surface area (Å²) in [6, 6.07) is 0. The standard InChI is InChI=1S/C21H34O2/c1-7-20(5)10-14(4)17-16(15(20)11-22)19(23)18-13(3)8-12(2)9-21(17,18)6/h7,10,12-13,15-19,22-23H,1,8-9,11H2,2-6H3/t12-,13+,15-,16-,17-,18+,19+,20+,21+/m0/s1. The first-order chi connectivity index (χ1) is 10.7. The van der Waals surface area contributed by atoms with Crippen LogP contribution >= 0.6 is 0 Å². The van der Waals surface area contributed by atoms with Gasteiger partial charge in [-0.2, -0.15) is 0 Å². The minimum atomic E-state index is -0.312. The summed E-state index contributed by atoms with van der Waals surface area (Å²) in [5.74, 6) is 2.21. The third kappa shape index (κ3) is 2.21. The maximum Gasteiger partial charge on any atom is 0.0614 e. The smallest absolute Gasteiger partial charge is 0.0614 e. The van der Waals surface area contributed by atoms with Gasteiger partial charge < -0.3 is 10.2 Å². The Morgan fingerprint density at radius 1 is 1.35 bits per heavy atom. The topological polar surface area (TPSA) is 40.5 Å². The van der Waals surface area contributed by atoms with Gasteiger partial charge in [-0.25, -0.2) is 0 Å². The van der Waals surface area contributed by atoms with Crippen molar-refractivity contribution in [2.24, 2.45) is 46.3 Å². The number of aliphatic hydroxyl groups excluding tert-OH is 2. The van der Waals surface area contributed by atoms with Gasteiger partial charge in [-0.3, -0.25) is 0 Å². The first-order valence-corrected chi connectivity index (χ1v) is 9.31. The number of hydrogen-bond donors (Lipinski definition) is 2. The van der Waals surface area contributed by atoms with Gasteiger partial charge in [0.25, 0.3) is 0 Å². The Morgan fingerprint density at radius 2 is 2.00 bits per heavy atom. The lowest BCUT2D eigenvalue weighted by Gasteiger charge is -2.50. The molecule has 2 nitrogen and oxygen atoms in total. The molecule has 0 aromatic heterocycles. The number of aliphatic hydroxyl groups is 2. The van der Waals surface area contributed by atoms with Gasteiger partial charge in [0, 0.05) is 17.9 Å². The summed E-state index contributed by atoms with van der Waals surface area (Å²) >= 11 is 0. The highest BCUT2D eigenvalue weighted by atomic mass is 16.3. The van der Waals surface area contributed by atoms with Gasteiger partial charge in [0.15, 0.2) is 0 Å². The van der Waals surface area contributed by atoms with Gasteiger partial charge in [0.05, 0.1) is 6.10 Å². The van der Waals surface area contributed by atoms with E-state index in [-0.39, 0.29) is 35.4 Å². The van der Waals surface area contributed by atoms with Gasteiger partial charge in [0.1, 0.15) is 0 Å². The molecule has 0 heterocycles. The second kappa shape index (κ2) is 5.46. The van der Waals surface area contributed by atoms with Crippen LogP contribution in [0, 0.1) is 46.3 Å². The van der Waals surface area contributed by atoms with Crippen molar-refractivity contribution in [3.05, 3.63) is 24.3 Å². The van der Waals surface area contributed by atoms with Crippen LogP contribution in [-0.2, 0) is 0 Å². The lowest BCUT2D eigenvalue weighted by molar-refractivity contribution is -0.0243. The molecule has 23 heavy (non-hydrogen) atoms. The molecule has 2 heteroatoms. The molecule has 9 atom stereocenters. The largest absolute Gasteiger partial charge is 0.396 e. The molecule has 130 valence electrons. The molecule has 2 fully saturated rings. The van der Waals surface area contributed by atoms with Crippen molar-refractivity contribution in [1.29, 1.82) is 0 Å². The number of fused-ring (bicyclic) bond motifs is 3. The van der Waals surface area contributed by atoms with Gasteiger partial charge in [0.2, 0.25) is 0 Å². The number of hydrogen-bond acceptors (Lipinski definition) is 2. The average molecular weight is 319 g/mol. The van der Waals surface area contributed by atoms with Crippen molar-refractivity contribution in [3.8, 4) is 0 Å². The Kier molecular flexibility index (Phi) is 4.09. The number of allylic oxidation sites excluding steroid dienone is 3. The van der Waals surface area contributed by atoms with E-state index >= 15 is 0 Å². The normalized spacial score (nSPS) is 55.8. The Bertz CT molecular complexity index is 524. The van der Waals surface area contributed by atoms with Crippen molar-refractivity contribution in [3.63, 3.8) is 0 Å². The maximum atomic E-state index is 11.3. The fourth-order valence-corrected chi connectivity index (χ4v) is 7.26. The van der Waals surface area contributed by atoms with Crippen LogP contribution in [0.5, 0.6) is 0 Å². The monoisotopic (exact) mass is 318 g/mol. The summed E-state index contributed by atoms with van der Waals surface area (Å²) in [4.78, 5) is 0. The molecule has 0 spiro atoms. The SMILES string of the molecule is C=C[C@]1(C)C=C(C)[C@H]2[C@@H]([C@@H](O)[C@H]3[C@H](C)C[C@H](C)C[C@@]32C)[C@@H]1CO. The van der Waals surface area contributed by atoms with Gasteiger partial charge in [-0.05, 0) is 54.8 Å². The first-order valence-electron chi connectivity index (χ1n) is 9.31. The molecule has 3 aliphatic carbocycles. The molecule has 0 unspecified atom stereocenters. The lowest BCUT2D eigenvalue weighted by atomic mass is 9.54. The Morgan fingerprint density at radius 3 is 2.57 bits per heavy atom. The minimum Gasteiger partial charge on any atom is -0.396 e. The molecule has 0 aliphatic heterocycles. The predicted molar refractivity (Wildman–Crippen MR) is 94.8 cm³/mol. The van der Waals surface area contributed by atoms with Crippen molar-refractivity contribution in [1.82, 2.24) is 0 Å². The molecular weight excluding hydrogens is 284 g/mol. The van der Waals surface area contributed by atoms with Gasteiger partial charge in [-0.15, -0.1) is 6.58 Å². The summed E-state index contributed by atoms with van der Waals surface area (Å²) in [5.41, 5.74) is 1.32. The first kappa shape index (κ1) is 17.2. The second-order valence-corrected chi connectivity index (χ2v) is 9.35. The van der Waals surface area contributed by atoms with Crippen molar-refractivity contribution in [2.75, 3.05) is 6.61 Å². The second-order valence-electron chi connectivity index (χ2n) is 9.35. The fraction of sp³-hybridized carbons (Fsp3) is 0.810. The van der Waals surface area contributed by atoms with Crippen molar-refractivity contribution in [2.45, 2.75) is 53.6 Å². The highest BCUT2D eigenvalue weighted by molar-refractivity contribution is 5.30. The van der Waals surface area contributed by atoms with Crippen LogP contribution in [-0.4, -0.2) is 22.9 Å². The van der Waals surface area contributed by atoms with E-state index in [4.69, 9.17) is 0 Å². The van der Waals surface area contributed by atoms with E-state index in [9.17, 15) is 10.2 Å². The molecule has 0 bridgehead atoms. The van der Waals surface area contributed by atoms with E-state index in [2.05, 4.69) is 47.3 Å². The van der Waals surface area contributed by atoms with E-state index in [1.165, 1.54) is 18.4 Å². The van der Waals surface area contributed by atoms with E-state index < -0.39 is 0 Å². The summed E-state index contributed by atoms with van der Waals surface area (Å²) in [6.07, 6.45) is 6.38. The van der Waals surface area contributed by atoms with Crippen LogP contribution in [0.2, 0.25) is 0 Å². The lowest BCUT2D eigenvalue weighted by Crippen LogP contribution is -2.45. The Balaban J connectivity index is 2.14. The van der Waals surface area contributed by atoms with Crippen LogP contribution in [0.4, 0.5) is 0 Å². The minimum absolute atomic E-state index is 0.0635. The average Bonchev–Trinajstić information content (AvgIpc) is 2.67. The molecule has 0 amide bonds. The van der Waals surface area contributed by atoms with Crippen molar-refractivity contribution < 1.29 is 10.2 Å². The molecule has 0 saturated heterocycles. The van der Waals surface area contributed by atoms with E-state index in [1.54, 1.807) is 0 Å². The van der Waals surface area contributed by atoms with Crippen LogP contribution in [0.3, 0.4) is 0 Å². The van der Waals surface area contributed by atoms with E-state index in [1.807, 2.05) is 6.08 Å². The zero-order valence-corrected chi connectivity index (χ0v) is 15.4. The van der Waals surface area contributed by atoms with Crippen LogP contribution in [0.15, 0.2) is 24.3 Å². The molecule has 0 radical (unpaired) electrons.